The monoisotopic (exact) mass is 232 g/mol. The summed E-state index contributed by atoms with van der Waals surface area (Å²) >= 11 is 0. The number of terminal acetylenes is 1. The summed E-state index contributed by atoms with van der Waals surface area (Å²) in [6.45, 7) is 2.74. The maximum atomic E-state index is 11.8. The normalized spacial score (nSPS) is 9.24. The Bertz CT molecular complexity index is 424. The van der Waals surface area contributed by atoms with Crippen molar-refractivity contribution in [2.75, 3.05) is 25.5 Å². The second-order valence-electron chi connectivity index (χ2n) is 3.38. The quantitative estimate of drug-likeness (QED) is 0.808. The Morgan fingerprint density at radius 3 is 2.94 bits per heavy atom. The van der Waals surface area contributed by atoms with Crippen LogP contribution in [0.5, 0.6) is 5.75 Å². The Morgan fingerprint density at radius 1 is 1.59 bits per heavy atom. The molecule has 0 heterocycles. The Hall–Kier alpha value is -2.15. The summed E-state index contributed by atoms with van der Waals surface area (Å²) in [7, 11) is 1.58. The fourth-order valence-electron chi connectivity index (χ4n) is 1.34. The average molecular weight is 232 g/mol. The third-order valence-corrected chi connectivity index (χ3v) is 2.27. The Labute approximate surface area is 102 Å². The summed E-state index contributed by atoms with van der Waals surface area (Å²) in [5, 5.41) is 2.76. The number of rotatable bonds is 4. The molecule has 1 N–H and O–H groups in total. The second-order valence-corrected chi connectivity index (χ2v) is 3.38. The molecule has 0 fully saturated rings. The third-order valence-electron chi connectivity index (χ3n) is 2.27. The second kappa shape index (κ2) is 6.44. The smallest absolute Gasteiger partial charge is 0.322 e. The Balaban J connectivity index is 2.69. The van der Waals surface area contributed by atoms with E-state index in [-0.39, 0.29) is 6.03 Å². The molecule has 0 atom stereocenters. The Kier molecular flexibility index (Phi) is 4.89. The van der Waals surface area contributed by atoms with Gasteiger partial charge in [0.2, 0.25) is 0 Å². The van der Waals surface area contributed by atoms with Crippen LogP contribution in [0.15, 0.2) is 24.3 Å². The van der Waals surface area contributed by atoms with Gasteiger partial charge in [0.15, 0.2) is 0 Å². The van der Waals surface area contributed by atoms with Crippen LogP contribution in [0.2, 0.25) is 0 Å². The first-order valence-corrected chi connectivity index (χ1v) is 5.34. The zero-order chi connectivity index (χ0) is 12.7. The predicted molar refractivity (Wildman–Crippen MR) is 68.1 cm³/mol. The van der Waals surface area contributed by atoms with Crippen molar-refractivity contribution in [1.29, 1.82) is 0 Å². The van der Waals surface area contributed by atoms with Crippen LogP contribution >= 0.6 is 0 Å². The first-order valence-electron chi connectivity index (χ1n) is 5.34. The van der Waals surface area contributed by atoms with E-state index in [2.05, 4.69) is 11.2 Å². The summed E-state index contributed by atoms with van der Waals surface area (Å²) in [5.74, 6) is 3.15. The molecule has 0 aliphatic heterocycles. The average Bonchev–Trinajstić information content (AvgIpc) is 2.36. The minimum atomic E-state index is -0.210. The van der Waals surface area contributed by atoms with Crippen LogP contribution in [0.1, 0.15) is 6.92 Å². The van der Waals surface area contributed by atoms with Gasteiger partial charge in [0, 0.05) is 18.3 Å². The number of hydrogen-bond acceptors (Lipinski definition) is 2. The van der Waals surface area contributed by atoms with Gasteiger partial charge >= 0.3 is 6.03 Å². The Morgan fingerprint density at radius 2 is 2.35 bits per heavy atom. The molecular weight excluding hydrogens is 216 g/mol. The SMILES string of the molecule is C#CCN(CC)C(=O)Nc1cccc(OC)c1. The van der Waals surface area contributed by atoms with E-state index in [4.69, 9.17) is 11.2 Å². The van der Waals surface area contributed by atoms with Crippen molar-refractivity contribution in [3.63, 3.8) is 0 Å². The first kappa shape index (κ1) is 12.9. The number of nitrogens with one attached hydrogen (secondary N) is 1. The van der Waals surface area contributed by atoms with Gasteiger partial charge in [-0.05, 0) is 19.1 Å². The van der Waals surface area contributed by atoms with Gasteiger partial charge in [0.25, 0.3) is 0 Å². The lowest BCUT2D eigenvalue weighted by atomic mass is 10.3. The number of carbonyl (C=O) groups excluding carboxylic acids is 1. The lowest BCUT2D eigenvalue weighted by Crippen LogP contribution is -2.35. The van der Waals surface area contributed by atoms with Crippen molar-refractivity contribution in [3.8, 4) is 18.1 Å². The van der Waals surface area contributed by atoms with E-state index in [0.29, 0.717) is 24.5 Å². The number of ether oxygens (including phenoxy) is 1. The number of benzene rings is 1. The zero-order valence-corrected chi connectivity index (χ0v) is 10.1. The van der Waals surface area contributed by atoms with Crippen LogP contribution in [-0.2, 0) is 0 Å². The largest absolute Gasteiger partial charge is 0.497 e. The van der Waals surface area contributed by atoms with Crippen LogP contribution in [0.4, 0.5) is 10.5 Å². The predicted octanol–water partition coefficient (Wildman–Crippen LogP) is 2.18. The zero-order valence-electron chi connectivity index (χ0n) is 10.1. The molecule has 2 amide bonds. The molecule has 90 valence electrons. The van der Waals surface area contributed by atoms with Gasteiger partial charge < -0.3 is 15.0 Å². The van der Waals surface area contributed by atoms with Crippen LogP contribution in [0, 0.1) is 12.3 Å². The molecule has 4 heteroatoms. The molecule has 0 aliphatic carbocycles. The van der Waals surface area contributed by atoms with Crippen molar-refractivity contribution in [2.24, 2.45) is 0 Å². The van der Waals surface area contributed by atoms with Crippen LogP contribution in [-0.4, -0.2) is 31.1 Å². The molecule has 0 saturated carbocycles. The maximum absolute atomic E-state index is 11.8. The molecule has 0 bridgehead atoms. The summed E-state index contributed by atoms with van der Waals surface area (Å²) in [6, 6.07) is 6.96. The standard InChI is InChI=1S/C13H16N2O2/c1-4-9-15(5-2)13(16)14-11-7-6-8-12(10-11)17-3/h1,6-8,10H,5,9H2,2-3H3,(H,14,16). The van der Waals surface area contributed by atoms with Gasteiger partial charge in [-0.1, -0.05) is 12.0 Å². The highest BCUT2D eigenvalue weighted by Gasteiger charge is 2.10. The first-order chi connectivity index (χ1) is 8.21. The maximum Gasteiger partial charge on any atom is 0.322 e. The highest BCUT2D eigenvalue weighted by Crippen LogP contribution is 2.16. The van der Waals surface area contributed by atoms with Crippen molar-refractivity contribution in [1.82, 2.24) is 4.90 Å². The van der Waals surface area contributed by atoms with Crippen molar-refractivity contribution < 1.29 is 9.53 Å². The minimum absolute atomic E-state index is 0.210. The number of urea groups is 1. The van der Waals surface area contributed by atoms with Gasteiger partial charge in [-0.2, -0.15) is 0 Å². The summed E-state index contributed by atoms with van der Waals surface area (Å²) in [5.41, 5.74) is 0.685. The van der Waals surface area contributed by atoms with Crippen molar-refractivity contribution >= 4 is 11.7 Å². The number of anilines is 1. The molecule has 4 nitrogen and oxygen atoms in total. The lowest BCUT2D eigenvalue weighted by molar-refractivity contribution is 0.220. The van der Waals surface area contributed by atoms with E-state index >= 15 is 0 Å². The van der Waals surface area contributed by atoms with E-state index < -0.39 is 0 Å². The van der Waals surface area contributed by atoms with E-state index in [9.17, 15) is 4.79 Å². The van der Waals surface area contributed by atoms with Crippen LogP contribution in [0.3, 0.4) is 0 Å². The molecular formula is C13H16N2O2. The van der Waals surface area contributed by atoms with Gasteiger partial charge in [0.1, 0.15) is 5.75 Å². The molecule has 0 radical (unpaired) electrons. The van der Waals surface area contributed by atoms with Crippen molar-refractivity contribution in [3.05, 3.63) is 24.3 Å². The van der Waals surface area contributed by atoms with E-state index in [0.717, 1.165) is 0 Å². The number of methoxy groups -OCH3 is 1. The molecule has 0 saturated heterocycles. The molecule has 0 aliphatic rings. The summed E-state index contributed by atoms with van der Waals surface area (Å²) in [4.78, 5) is 13.4. The van der Waals surface area contributed by atoms with Gasteiger partial charge in [-0.3, -0.25) is 0 Å². The lowest BCUT2D eigenvalue weighted by Gasteiger charge is -2.18. The van der Waals surface area contributed by atoms with Crippen LogP contribution < -0.4 is 10.1 Å². The topological polar surface area (TPSA) is 41.6 Å². The molecule has 17 heavy (non-hydrogen) atoms. The number of hydrogen-bond donors (Lipinski definition) is 1. The molecule has 0 unspecified atom stereocenters. The fourth-order valence-corrected chi connectivity index (χ4v) is 1.34. The van der Waals surface area contributed by atoms with E-state index in [1.807, 2.05) is 19.1 Å². The molecule has 0 spiro atoms. The fraction of sp³-hybridized carbons (Fsp3) is 0.308. The molecule has 1 rings (SSSR count). The van der Waals surface area contributed by atoms with Gasteiger partial charge in [0.05, 0.1) is 13.7 Å². The molecule has 1 aromatic carbocycles. The number of carbonyl (C=O) groups is 1. The highest BCUT2D eigenvalue weighted by atomic mass is 16.5. The van der Waals surface area contributed by atoms with Crippen molar-refractivity contribution in [2.45, 2.75) is 6.92 Å². The van der Waals surface area contributed by atoms with Gasteiger partial charge in [-0.25, -0.2) is 4.79 Å². The number of nitrogens with zero attached hydrogens (tertiary/aromatic N) is 1. The van der Waals surface area contributed by atoms with E-state index in [1.54, 1.807) is 24.1 Å². The highest BCUT2D eigenvalue weighted by molar-refractivity contribution is 5.89. The molecule has 1 aromatic rings. The van der Waals surface area contributed by atoms with E-state index in [1.165, 1.54) is 0 Å². The number of amides is 2. The molecule has 0 aromatic heterocycles. The van der Waals surface area contributed by atoms with Crippen LogP contribution in [0.25, 0.3) is 0 Å². The minimum Gasteiger partial charge on any atom is -0.497 e. The van der Waals surface area contributed by atoms with Gasteiger partial charge in [-0.15, -0.1) is 6.42 Å². The summed E-state index contributed by atoms with van der Waals surface area (Å²) in [6.07, 6.45) is 5.19. The summed E-state index contributed by atoms with van der Waals surface area (Å²) < 4.78 is 5.07. The third kappa shape index (κ3) is 3.72.